The molecule has 1 aromatic heterocycles. The minimum atomic E-state index is -1.28. The monoisotopic (exact) mass is 656 g/mol. The molecule has 1 aliphatic carbocycles. The molecule has 48 heavy (non-hydrogen) atoms. The number of carbonyl (C=O) groups excluding carboxylic acids is 2. The van der Waals surface area contributed by atoms with Gasteiger partial charge in [0.25, 0.3) is 11.8 Å². The van der Waals surface area contributed by atoms with Gasteiger partial charge in [0, 0.05) is 37.6 Å². The number of halogens is 2. The van der Waals surface area contributed by atoms with Gasteiger partial charge in [0.05, 0.1) is 36.4 Å². The van der Waals surface area contributed by atoms with E-state index in [0.29, 0.717) is 0 Å². The van der Waals surface area contributed by atoms with Crippen LogP contribution in [0.3, 0.4) is 0 Å². The number of aromatic nitrogens is 1. The summed E-state index contributed by atoms with van der Waals surface area (Å²) in [6, 6.07) is 20.3. The number of nitrogens with zero attached hydrogens (tertiary/aromatic N) is 2. The van der Waals surface area contributed by atoms with Crippen molar-refractivity contribution in [2.45, 2.75) is 62.8 Å². The molecule has 1 aliphatic rings. The second-order valence-corrected chi connectivity index (χ2v) is 12.4. The molecule has 3 atom stereocenters. The van der Waals surface area contributed by atoms with Gasteiger partial charge in [-0.1, -0.05) is 61.7 Å². The van der Waals surface area contributed by atoms with Crippen molar-refractivity contribution >= 4 is 11.8 Å². The molecule has 3 N–H and O–H groups in total. The minimum absolute atomic E-state index is 0.0131. The number of carbonyl (C=O) groups is 2. The molecule has 2 amide bonds. The zero-order chi connectivity index (χ0) is 34.3. The first-order valence-electron chi connectivity index (χ1n) is 16.2. The van der Waals surface area contributed by atoms with E-state index in [1.54, 1.807) is 19.1 Å². The van der Waals surface area contributed by atoms with Crippen LogP contribution in [-0.4, -0.2) is 53.6 Å². The van der Waals surface area contributed by atoms with Gasteiger partial charge in [-0.15, -0.1) is 0 Å². The van der Waals surface area contributed by atoms with Gasteiger partial charge >= 0.3 is 0 Å². The van der Waals surface area contributed by atoms with Crippen LogP contribution < -0.4 is 15.4 Å². The molecular formula is C38H42F2N4O4. The summed E-state index contributed by atoms with van der Waals surface area (Å²) in [5, 5.41) is 17.9. The number of hydrogen-bond donors (Lipinski definition) is 3. The van der Waals surface area contributed by atoms with E-state index in [4.69, 9.17) is 4.74 Å². The molecule has 1 saturated carbocycles. The number of benzene rings is 3. The van der Waals surface area contributed by atoms with Gasteiger partial charge in [0.2, 0.25) is 0 Å². The fourth-order valence-corrected chi connectivity index (χ4v) is 6.46. The van der Waals surface area contributed by atoms with E-state index >= 15 is 0 Å². The molecule has 10 heteroatoms. The third-order valence-electron chi connectivity index (χ3n) is 9.33. The summed E-state index contributed by atoms with van der Waals surface area (Å²) in [4.78, 5) is 32.7. The molecule has 0 spiro atoms. The Morgan fingerprint density at radius 1 is 0.917 bits per heavy atom. The number of hydrogen-bond acceptors (Lipinski definition) is 6. The van der Waals surface area contributed by atoms with Crippen molar-refractivity contribution in [3.63, 3.8) is 0 Å². The zero-order valence-electron chi connectivity index (χ0n) is 27.5. The highest BCUT2D eigenvalue weighted by Gasteiger charge is 2.36. The lowest BCUT2D eigenvalue weighted by Gasteiger charge is -2.40. The Kier molecular flexibility index (Phi) is 11.2. The predicted octanol–water partition coefficient (Wildman–Crippen LogP) is 6.48. The number of aliphatic hydroxyl groups excluding tert-OH is 1. The quantitative estimate of drug-likeness (QED) is 0.161. The lowest BCUT2D eigenvalue weighted by Crippen LogP contribution is -2.50. The largest absolute Gasteiger partial charge is 0.497 e. The lowest BCUT2D eigenvalue weighted by atomic mass is 9.76. The van der Waals surface area contributed by atoms with Gasteiger partial charge in [0.1, 0.15) is 17.4 Å². The average Bonchev–Trinajstić information content (AvgIpc) is 3.12. The second kappa shape index (κ2) is 15.5. The second-order valence-electron chi connectivity index (χ2n) is 12.4. The van der Waals surface area contributed by atoms with Crippen LogP contribution in [0.5, 0.6) is 5.75 Å². The summed E-state index contributed by atoms with van der Waals surface area (Å²) in [5.41, 5.74) is 1.82. The molecule has 0 radical (unpaired) electrons. The van der Waals surface area contributed by atoms with E-state index < -0.39 is 35.2 Å². The third kappa shape index (κ3) is 8.06. The standard InChI is InChI=1S/C38H42F2N4O4/c1-25(26-11-6-4-7-12-26)44(2)37(47)29-17-28(22-41-23-29)36(46)43-35(27-18-31(39)21-32(40)19-27)34(45)24-42-38(15-8-5-9-16-38)30-13-10-14-33(20-30)48-3/h4,6-7,10-14,17-23,25,34-35,42,45H,5,8-9,15-16,24H2,1-3H3,(H,43,46)/t25-,34-,35+/m1/s1. The summed E-state index contributed by atoms with van der Waals surface area (Å²) >= 11 is 0. The molecule has 1 heterocycles. The highest BCUT2D eigenvalue weighted by molar-refractivity contribution is 5.99. The lowest BCUT2D eigenvalue weighted by molar-refractivity contribution is 0.0742. The van der Waals surface area contributed by atoms with E-state index in [2.05, 4.69) is 15.6 Å². The van der Waals surface area contributed by atoms with E-state index in [9.17, 15) is 23.5 Å². The van der Waals surface area contributed by atoms with Crippen LogP contribution in [0, 0.1) is 11.6 Å². The SMILES string of the molecule is COc1cccc(C2(NC[C@@H](O)[C@@H](NC(=O)c3cncc(C(=O)N(C)[C@H](C)c4ccccc4)c3)c3cc(F)cc(F)c3)CCCCC2)c1. The van der Waals surface area contributed by atoms with E-state index in [1.807, 2.05) is 61.5 Å². The predicted molar refractivity (Wildman–Crippen MR) is 180 cm³/mol. The maximum absolute atomic E-state index is 14.4. The Morgan fingerprint density at radius 3 is 2.29 bits per heavy atom. The highest BCUT2D eigenvalue weighted by atomic mass is 19.1. The molecule has 1 fully saturated rings. The van der Waals surface area contributed by atoms with Gasteiger partial charge in [-0.3, -0.25) is 14.6 Å². The number of aliphatic hydroxyl groups is 1. The number of nitrogens with one attached hydrogen (secondary N) is 2. The van der Waals surface area contributed by atoms with Crippen LogP contribution in [0.25, 0.3) is 0 Å². The molecule has 3 aromatic carbocycles. The fraction of sp³-hybridized carbons (Fsp3) is 0.342. The van der Waals surface area contributed by atoms with Crippen molar-refractivity contribution < 1.29 is 28.2 Å². The van der Waals surface area contributed by atoms with Crippen LogP contribution in [0.1, 0.15) is 88.5 Å². The number of ether oxygens (including phenoxy) is 1. The van der Waals surface area contributed by atoms with Gasteiger partial charge < -0.3 is 25.4 Å². The number of amides is 2. The third-order valence-corrected chi connectivity index (χ3v) is 9.33. The fourth-order valence-electron chi connectivity index (χ4n) is 6.46. The van der Waals surface area contributed by atoms with Crippen molar-refractivity contribution in [1.82, 2.24) is 20.5 Å². The van der Waals surface area contributed by atoms with Gasteiger partial charge in [-0.05, 0) is 66.8 Å². The van der Waals surface area contributed by atoms with Gasteiger partial charge in [-0.2, -0.15) is 0 Å². The van der Waals surface area contributed by atoms with Crippen molar-refractivity contribution in [3.8, 4) is 5.75 Å². The van der Waals surface area contributed by atoms with Crippen LogP contribution in [0.2, 0.25) is 0 Å². The van der Waals surface area contributed by atoms with Crippen LogP contribution >= 0.6 is 0 Å². The summed E-state index contributed by atoms with van der Waals surface area (Å²) in [6.45, 7) is 1.92. The maximum Gasteiger partial charge on any atom is 0.255 e. The summed E-state index contributed by atoms with van der Waals surface area (Å²) < 4.78 is 34.3. The van der Waals surface area contributed by atoms with Crippen LogP contribution in [0.4, 0.5) is 8.78 Å². The summed E-state index contributed by atoms with van der Waals surface area (Å²) in [7, 11) is 3.29. The molecule has 0 unspecified atom stereocenters. The molecule has 0 bridgehead atoms. The number of pyridine rings is 1. The number of methoxy groups -OCH3 is 1. The highest BCUT2D eigenvalue weighted by Crippen LogP contribution is 2.38. The van der Waals surface area contributed by atoms with E-state index in [0.717, 1.165) is 67.2 Å². The Bertz CT molecular complexity index is 1690. The molecule has 8 nitrogen and oxygen atoms in total. The first kappa shape index (κ1) is 34.7. The first-order chi connectivity index (χ1) is 23.1. The molecular weight excluding hydrogens is 614 g/mol. The minimum Gasteiger partial charge on any atom is -0.497 e. The first-order valence-corrected chi connectivity index (χ1v) is 16.2. The summed E-state index contributed by atoms with van der Waals surface area (Å²) in [5.74, 6) is -1.96. The maximum atomic E-state index is 14.4. The molecule has 5 rings (SSSR count). The molecule has 4 aromatic rings. The Labute approximate surface area is 280 Å². The van der Waals surface area contributed by atoms with E-state index in [-0.39, 0.29) is 35.2 Å². The van der Waals surface area contributed by atoms with Crippen molar-refractivity contribution in [3.05, 3.63) is 131 Å². The van der Waals surface area contributed by atoms with Crippen molar-refractivity contribution in [2.24, 2.45) is 0 Å². The van der Waals surface area contributed by atoms with Gasteiger partial charge in [0.15, 0.2) is 0 Å². The Balaban J connectivity index is 1.38. The molecule has 252 valence electrons. The van der Waals surface area contributed by atoms with Crippen LogP contribution in [0.15, 0.2) is 91.3 Å². The zero-order valence-corrected chi connectivity index (χ0v) is 27.5. The van der Waals surface area contributed by atoms with E-state index in [1.165, 1.54) is 18.5 Å². The number of rotatable bonds is 12. The van der Waals surface area contributed by atoms with Crippen molar-refractivity contribution in [2.75, 3.05) is 20.7 Å². The van der Waals surface area contributed by atoms with Crippen LogP contribution in [-0.2, 0) is 5.54 Å². The topological polar surface area (TPSA) is 104 Å². The average molecular weight is 657 g/mol. The Morgan fingerprint density at radius 2 is 1.60 bits per heavy atom. The molecule has 0 saturated heterocycles. The smallest absolute Gasteiger partial charge is 0.255 e. The normalized spacial score (nSPS) is 16.0. The van der Waals surface area contributed by atoms with Crippen molar-refractivity contribution in [1.29, 1.82) is 0 Å². The Hall–Kier alpha value is -4.67. The van der Waals surface area contributed by atoms with Gasteiger partial charge in [-0.25, -0.2) is 8.78 Å². The summed E-state index contributed by atoms with van der Waals surface area (Å²) in [6.07, 6.45) is 6.11. The molecule has 0 aliphatic heterocycles.